The van der Waals surface area contributed by atoms with E-state index >= 15 is 0 Å². The van der Waals surface area contributed by atoms with Crippen LogP contribution in [0.2, 0.25) is 0 Å². The molecule has 0 saturated carbocycles. The van der Waals surface area contributed by atoms with Crippen LogP contribution in [0.1, 0.15) is 10.4 Å². The number of halogens is 1. The van der Waals surface area contributed by atoms with Gasteiger partial charge in [0, 0.05) is 4.47 Å². The summed E-state index contributed by atoms with van der Waals surface area (Å²) in [6.07, 6.45) is 0. The Kier molecular flexibility index (Phi) is 2.67. The lowest BCUT2D eigenvalue weighted by molar-refractivity contribution is 0.0697. The molecule has 64 valence electrons. The fourth-order valence-corrected chi connectivity index (χ4v) is 1.40. The predicted octanol–water partition coefficient (Wildman–Crippen LogP) is 1.43. The number of hydrogen-bond donors (Lipinski definition) is 3. The second-order valence-corrected chi connectivity index (χ2v) is 2.97. The summed E-state index contributed by atoms with van der Waals surface area (Å²) in [4.78, 5) is 10.7. The van der Waals surface area contributed by atoms with Crippen molar-refractivity contribution >= 4 is 27.6 Å². The van der Waals surface area contributed by atoms with Crippen molar-refractivity contribution in [1.29, 1.82) is 0 Å². The predicted molar refractivity (Wildman–Crippen MR) is 48.9 cm³/mol. The van der Waals surface area contributed by atoms with Crippen molar-refractivity contribution in [3.05, 3.63) is 28.2 Å². The topological polar surface area (TPSA) is 75.3 Å². The largest absolute Gasteiger partial charge is 0.478 e. The maximum Gasteiger partial charge on any atom is 0.339 e. The number of aromatic carboxylic acids is 1. The van der Waals surface area contributed by atoms with E-state index in [1.807, 2.05) is 0 Å². The fourth-order valence-electron chi connectivity index (χ4n) is 0.862. The van der Waals surface area contributed by atoms with E-state index in [4.69, 9.17) is 10.9 Å². The summed E-state index contributed by atoms with van der Waals surface area (Å²) in [5.41, 5.74) is 2.83. The SMILES string of the molecule is NNc1cccc(Br)c1C(=O)O. The Labute approximate surface area is 77.5 Å². The summed E-state index contributed by atoms with van der Waals surface area (Å²) in [6.45, 7) is 0. The number of nitrogen functional groups attached to an aromatic ring is 1. The molecule has 4 N–H and O–H groups in total. The minimum atomic E-state index is -1.02. The fraction of sp³-hybridized carbons (Fsp3) is 0. The Morgan fingerprint density at radius 3 is 2.67 bits per heavy atom. The van der Waals surface area contributed by atoms with Crippen LogP contribution >= 0.6 is 15.9 Å². The zero-order valence-corrected chi connectivity index (χ0v) is 7.63. The number of anilines is 1. The summed E-state index contributed by atoms with van der Waals surface area (Å²) in [5.74, 6) is 4.11. The van der Waals surface area contributed by atoms with E-state index < -0.39 is 5.97 Å². The van der Waals surface area contributed by atoms with Crippen molar-refractivity contribution in [2.45, 2.75) is 0 Å². The van der Waals surface area contributed by atoms with Gasteiger partial charge in [0.15, 0.2) is 0 Å². The zero-order chi connectivity index (χ0) is 9.14. The highest BCUT2D eigenvalue weighted by atomic mass is 79.9. The van der Waals surface area contributed by atoms with E-state index in [1.165, 1.54) is 0 Å². The lowest BCUT2D eigenvalue weighted by atomic mass is 10.2. The van der Waals surface area contributed by atoms with Gasteiger partial charge in [-0.1, -0.05) is 6.07 Å². The highest BCUT2D eigenvalue weighted by molar-refractivity contribution is 9.10. The molecular formula is C7H7BrN2O2. The van der Waals surface area contributed by atoms with Gasteiger partial charge in [-0.05, 0) is 28.1 Å². The molecule has 0 amide bonds. The van der Waals surface area contributed by atoms with Gasteiger partial charge in [-0.25, -0.2) is 4.79 Å². The molecule has 0 aliphatic rings. The molecule has 0 aliphatic carbocycles. The summed E-state index contributed by atoms with van der Waals surface area (Å²) in [7, 11) is 0. The highest BCUT2D eigenvalue weighted by Crippen LogP contribution is 2.23. The molecular weight excluding hydrogens is 224 g/mol. The molecule has 0 atom stereocenters. The van der Waals surface area contributed by atoms with Gasteiger partial charge in [-0.3, -0.25) is 5.84 Å². The first kappa shape index (κ1) is 9.02. The molecule has 0 saturated heterocycles. The Morgan fingerprint density at radius 2 is 2.25 bits per heavy atom. The molecule has 0 radical (unpaired) electrons. The van der Waals surface area contributed by atoms with Crippen molar-refractivity contribution in [3.63, 3.8) is 0 Å². The maximum atomic E-state index is 10.7. The number of nitrogens with two attached hydrogens (primary N) is 1. The molecule has 1 aromatic rings. The van der Waals surface area contributed by atoms with Crippen LogP contribution in [0.25, 0.3) is 0 Å². The zero-order valence-electron chi connectivity index (χ0n) is 6.04. The third kappa shape index (κ3) is 1.57. The Balaban J connectivity index is 3.29. The molecule has 0 spiro atoms. The number of rotatable bonds is 2. The van der Waals surface area contributed by atoms with Gasteiger partial charge in [-0.2, -0.15) is 0 Å². The molecule has 4 nitrogen and oxygen atoms in total. The normalized spacial score (nSPS) is 9.50. The van der Waals surface area contributed by atoms with Crippen LogP contribution in [0.5, 0.6) is 0 Å². The standard InChI is InChI=1S/C7H7BrN2O2/c8-4-2-1-3-5(10-9)6(4)7(11)12/h1-3,10H,9H2,(H,11,12). The lowest BCUT2D eigenvalue weighted by Gasteiger charge is -2.05. The number of hydrogen-bond acceptors (Lipinski definition) is 3. The summed E-state index contributed by atoms with van der Waals surface area (Å²) in [6, 6.07) is 4.93. The van der Waals surface area contributed by atoms with Crippen molar-refractivity contribution < 1.29 is 9.90 Å². The number of hydrazine groups is 1. The van der Waals surface area contributed by atoms with E-state index in [9.17, 15) is 4.79 Å². The van der Waals surface area contributed by atoms with Gasteiger partial charge in [0.25, 0.3) is 0 Å². The van der Waals surface area contributed by atoms with Crippen molar-refractivity contribution in [3.8, 4) is 0 Å². The van der Waals surface area contributed by atoms with Crippen LogP contribution in [0.15, 0.2) is 22.7 Å². The van der Waals surface area contributed by atoms with E-state index in [2.05, 4.69) is 21.4 Å². The molecule has 0 bridgehead atoms. The minimum Gasteiger partial charge on any atom is -0.478 e. The Hall–Kier alpha value is -1.07. The number of carboxylic acid groups (broad SMARTS) is 1. The molecule has 1 rings (SSSR count). The van der Waals surface area contributed by atoms with Crippen molar-refractivity contribution in [1.82, 2.24) is 0 Å². The van der Waals surface area contributed by atoms with Gasteiger partial charge in [0.2, 0.25) is 0 Å². The molecule has 0 aromatic heterocycles. The lowest BCUT2D eigenvalue weighted by Crippen LogP contribution is -2.12. The highest BCUT2D eigenvalue weighted by Gasteiger charge is 2.12. The van der Waals surface area contributed by atoms with E-state index in [1.54, 1.807) is 18.2 Å². The van der Waals surface area contributed by atoms with Crippen LogP contribution < -0.4 is 11.3 Å². The minimum absolute atomic E-state index is 0.139. The molecule has 5 heteroatoms. The van der Waals surface area contributed by atoms with E-state index in [0.717, 1.165) is 0 Å². The van der Waals surface area contributed by atoms with E-state index in [0.29, 0.717) is 10.2 Å². The molecule has 0 fully saturated rings. The Bertz CT molecular complexity index is 314. The van der Waals surface area contributed by atoms with Gasteiger partial charge in [-0.15, -0.1) is 0 Å². The Morgan fingerprint density at radius 1 is 1.58 bits per heavy atom. The average molecular weight is 231 g/mol. The number of nitrogens with one attached hydrogen (secondary N) is 1. The van der Waals surface area contributed by atoms with Crippen LogP contribution in [0.3, 0.4) is 0 Å². The number of carbonyl (C=O) groups is 1. The maximum absolute atomic E-state index is 10.7. The van der Waals surface area contributed by atoms with Gasteiger partial charge >= 0.3 is 5.97 Å². The first-order valence-electron chi connectivity index (χ1n) is 3.15. The van der Waals surface area contributed by atoms with Crippen LogP contribution in [0, 0.1) is 0 Å². The van der Waals surface area contributed by atoms with E-state index in [-0.39, 0.29) is 5.56 Å². The third-order valence-corrected chi connectivity index (χ3v) is 2.04. The molecule has 1 aromatic carbocycles. The van der Waals surface area contributed by atoms with Crippen molar-refractivity contribution in [2.75, 3.05) is 5.43 Å². The number of carboxylic acids is 1. The first-order valence-corrected chi connectivity index (χ1v) is 3.94. The average Bonchev–Trinajstić information content (AvgIpc) is 2.03. The van der Waals surface area contributed by atoms with Crippen LogP contribution in [0.4, 0.5) is 5.69 Å². The van der Waals surface area contributed by atoms with Gasteiger partial charge < -0.3 is 10.5 Å². The summed E-state index contributed by atoms with van der Waals surface area (Å²) in [5, 5.41) is 8.75. The van der Waals surface area contributed by atoms with Crippen LogP contribution in [-0.4, -0.2) is 11.1 Å². The summed E-state index contributed by atoms with van der Waals surface area (Å²) >= 11 is 3.11. The number of benzene rings is 1. The second-order valence-electron chi connectivity index (χ2n) is 2.11. The molecule has 12 heavy (non-hydrogen) atoms. The first-order chi connectivity index (χ1) is 5.66. The smallest absolute Gasteiger partial charge is 0.339 e. The quantitative estimate of drug-likeness (QED) is 0.531. The second kappa shape index (κ2) is 3.55. The van der Waals surface area contributed by atoms with Gasteiger partial charge in [0.1, 0.15) is 0 Å². The van der Waals surface area contributed by atoms with Crippen molar-refractivity contribution in [2.24, 2.45) is 5.84 Å². The molecule has 0 unspecified atom stereocenters. The monoisotopic (exact) mass is 230 g/mol. The van der Waals surface area contributed by atoms with Crippen LogP contribution in [-0.2, 0) is 0 Å². The molecule has 0 heterocycles. The molecule has 0 aliphatic heterocycles. The van der Waals surface area contributed by atoms with Gasteiger partial charge in [0.05, 0.1) is 11.3 Å². The third-order valence-electron chi connectivity index (χ3n) is 1.38. The summed E-state index contributed by atoms with van der Waals surface area (Å²) < 4.78 is 0.505.